The van der Waals surface area contributed by atoms with Gasteiger partial charge in [-0.3, -0.25) is 10.1 Å². The smallest absolute Gasteiger partial charge is 0.277 e. The van der Waals surface area contributed by atoms with Gasteiger partial charge in [-0.15, -0.1) is 0 Å². The van der Waals surface area contributed by atoms with Gasteiger partial charge in [-0.05, 0) is 18.6 Å². The molecule has 0 heterocycles. The zero-order valence-corrected chi connectivity index (χ0v) is 11.4. The third-order valence-corrected chi connectivity index (χ3v) is 3.14. The van der Waals surface area contributed by atoms with Crippen molar-refractivity contribution < 1.29 is 14.9 Å². The van der Waals surface area contributed by atoms with Crippen molar-refractivity contribution in [1.82, 2.24) is 0 Å². The van der Waals surface area contributed by atoms with Crippen LogP contribution >= 0.6 is 0 Å². The van der Waals surface area contributed by atoms with Crippen LogP contribution in [0.4, 0.5) is 5.69 Å². The Kier molecular flexibility index (Phi) is 4.22. The van der Waals surface area contributed by atoms with Crippen LogP contribution in [0, 0.1) is 10.1 Å². The molecule has 0 aromatic heterocycles. The number of hydrogen-bond donors (Lipinski definition) is 2. The molecule has 7 nitrogen and oxygen atoms in total. The van der Waals surface area contributed by atoms with E-state index in [1.807, 2.05) is 6.92 Å². The maximum atomic E-state index is 11.1. The molecule has 7 heteroatoms. The van der Waals surface area contributed by atoms with E-state index in [-0.39, 0.29) is 11.5 Å². The number of nitrogens with two attached hydrogens (primary N) is 1. The highest BCUT2D eigenvalue weighted by Gasteiger charge is 2.18. The van der Waals surface area contributed by atoms with Crippen LogP contribution in [0.5, 0.6) is 5.75 Å². The predicted octanol–water partition coefficient (Wildman–Crippen LogP) is 2.65. The molecule has 3 N–H and O–H groups in total. The fourth-order valence-corrected chi connectivity index (χ4v) is 2.09. The Morgan fingerprint density at radius 3 is 2.62 bits per heavy atom. The molecule has 110 valence electrons. The molecule has 0 aliphatic heterocycles. The Labute approximate surface area is 120 Å². The number of rotatable bonds is 5. The fraction of sp³-hybridized carbons (Fsp3) is 0.214. The summed E-state index contributed by atoms with van der Waals surface area (Å²) in [4.78, 5) is 10.6. The molecule has 0 radical (unpaired) electrons. The lowest BCUT2D eigenvalue weighted by Crippen LogP contribution is -2.33. The first-order chi connectivity index (χ1) is 10.1. The van der Waals surface area contributed by atoms with Crippen molar-refractivity contribution in [3.8, 4) is 5.75 Å². The third kappa shape index (κ3) is 2.86. The highest BCUT2D eigenvalue weighted by atomic mass is 16.6. The van der Waals surface area contributed by atoms with Crippen LogP contribution in [0.25, 0.3) is 10.8 Å². The normalized spacial score (nSPS) is 13.1. The fourth-order valence-electron chi connectivity index (χ4n) is 2.09. The largest absolute Gasteiger partial charge is 0.482 e. The average Bonchev–Trinajstić information content (AvgIpc) is 2.51. The summed E-state index contributed by atoms with van der Waals surface area (Å²) in [6.07, 6.45) is -0.0962. The first-order valence-electron chi connectivity index (χ1n) is 6.38. The zero-order valence-electron chi connectivity index (χ0n) is 11.4. The molecular weight excluding hydrogens is 274 g/mol. The van der Waals surface area contributed by atoms with Gasteiger partial charge in [0.2, 0.25) is 0 Å². The van der Waals surface area contributed by atoms with Crippen molar-refractivity contribution in [3.63, 3.8) is 0 Å². The van der Waals surface area contributed by atoms with E-state index in [1.165, 1.54) is 12.1 Å². The van der Waals surface area contributed by atoms with Gasteiger partial charge in [-0.2, -0.15) is 0 Å². The monoisotopic (exact) mass is 289 g/mol. The van der Waals surface area contributed by atoms with E-state index in [9.17, 15) is 10.1 Å². The minimum Gasteiger partial charge on any atom is -0.482 e. The van der Waals surface area contributed by atoms with Gasteiger partial charge in [-0.25, -0.2) is 0 Å². The lowest BCUT2D eigenvalue weighted by atomic mass is 10.1. The highest BCUT2D eigenvalue weighted by molar-refractivity contribution is 5.95. The lowest BCUT2D eigenvalue weighted by Gasteiger charge is -2.17. The number of amidine groups is 1. The number of ether oxygens (including phenoxy) is 1. The summed E-state index contributed by atoms with van der Waals surface area (Å²) in [7, 11) is 0. The maximum Gasteiger partial charge on any atom is 0.277 e. The van der Waals surface area contributed by atoms with E-state index in [4.69, 9.17) is 15.7 Å². The van der Waals surface area contributed by atoms with Gasteiger partial charge in [0.15, 0.2) is 11.9 Å². The predicted molar refractivity (Wildman–Crippen MR) is 78.7 cm³/mol. The number of non-ortho nitro benzene ring substituents is 1. The molecule has 0 fully saturated rings. The van der Waals surface area contributed by atoms with E-state index in [0.29, 0.717) is 22.9 Å². The van der Waals surface area contributed by atoms with Gasteiger partial charge >= 0.3 is 0 Å². The number of nitrogens with zero attached hydrogens (tertiary/aromatic N) is 2. The van der Waals surface area contributed by atoms with Crippen molar-refractivity contribution in [1.29, 1.82) is 0 Å². The van der Waals surface area contributed by atoms with E-state index < -0.39 is 11.0 Å². The number of nitro groups is 1. The number of oxime groups is 1. The molecular formula is C14H15N3O4. The van der Waals surface area contributed by atoms with Gasteiger partial charge in [0.1, 0.15) is 5.75 Å². The van der Waals surface area contributed by atoms with Crippen LogP contribution in [0.15, 0.2) is 41.6 Å². The minimum atomic E-state index is -0.597. The molecule has 0 spiro atoms. The number of hydrogen-bond acceptors (Lipinski definition) is 5. The topological polar surface area (TPSA) is 111 Å². The number of benzene rings is 2. The van der Waals surface area contributed by atoms with E-state index >= 15 is 0 Å². The van der Waals surface area contributed by atoms with E-state index in [2.05, 4.69) is 5.16 Å². The molecule has 0 aliphatic carbocycles. The molecule has 1 atom stereocenters. The average molecular weight is 289 g/mol. The summed E-state index contributed by atoms with van der Waals surface area (Å²) in [5, 5.41) is 23.8. The maximum absolute atomic E-state index is 11.1. The number of nitro benzene ring substituents is 1. The summed E-state index contributed by atoms with van der Waals surface area (Å²) >= 11 is 0. The molecule has 0 saturated carbocycles. The molecule has 0 bridgehead atoms. The van der Waals surface area contributed by atoms with Crippen LogP contribution < -0.4 is 10.5 Å². The van der Waals surface area contributed by atoms with E-state index in [1.54, 1.807) is 24.3 Å². The molecule has 21 heavy (non-hydrogen) atoms. The molecule has 2 aromatic carbocycles. The second-order valence-corrected chi connectivity index (χ2v) is 4.43. The summed E-state index contributed by atoms with van der Waals surface area (Å²) in [6.45, 7) is 1.83. The van der Waals surface area contributed by atoms with Crippen molar-refractivity contribution in [2.24, 2.45) is 10.9 Å². The van der Waals surface area contributed by atoms with Crippen molar-refractivity contribution >= 4 is 22.3 Å². The second kappa shape index (κ2) is 6.08. The number of fused-ring (bicyclic) bond motifs is 1. The van der Waals surface area contributed by atoms with Gasteiger partial charge in [0, 0.05) is 11.5 Å². The van der Waals surface area contributed by atoms with Crippen LogP contribution in [0.2, 0.25) is 0 Å². The van der Waals surface area contributed by atoms with Crippen molar-refractivity contribution in [2.45, 2.75) is 19.4 Å². The third-order valence-electron chi connectivity index (χ3n) is 3.14. The summed E-state index contributed by atoms with van der Waals surface area (Å²) < 4.78 is 5.73. The Morgan fingerprint density at radius 2 is 2.05 bits per heavy atom. The van der Waals surface area contributed by atoms with Gasteiger partial charge < -0.3 is 15.7 Å². The first-order valence-corrected chi connectivity index (χ1v) is 6.38. The van der Waals surface area contributed by atoms with Crippen molar-refractivity contribution in [2.75, 3.05) is 0 Å². The van der Waals surface area contributed by atoms with E-state index in [0.717, 1.165) is 0 Å². The molecule has 1 unspecified atom stereocenters. The standard InChI is InChI=1S/C14H15N3O4/c1-2-12(14(15)16-18)21-13-8-7-11(17(19)20)9-5-3-4-6-10(9)13/h3-8,12,18H,2H2,1H3,(H2,15,16). The Balaban J connectivity index is 2.51. The second-order valence-electron chi connectivity index (χ2n) is 4.43. The lowest BCUT2D eigenvalue weighted by molar-refractivity contribution is -0.383. The summed E-state index contributed by atoms with van der Waals surface area (Å²) in [5.41, 5.74) is 5.57. The Morgan fingerprint density at radius 1 is 1.38 bits per heavy atom. The summed E-state index contributed by atoms with van der Waals surface area (Å²) in [5.74, 6) is 0.412. The molecule has 0 saturated heterocycles. The molecule has 2 rings (SSSR count). The van der Waals surface area contributed by atoms with Crippen molar-refractivity contribution in [3.05, 3.63) is 46.5 Å². The Hall–Kier alpha value is -2.83. The Bertz CT molecular complexity index is 700. The van der Waals surface area contributed by atoms with Crippen LogP contribution in [-0.2, 0) is 0 Å². The highest BCUT2D eigenvalue weighted by Crippen LogP contribution is 2.33. The quantitative estimate of drug-likeness (QED) is 0.289. The van der Waals surface area contributed by atoms with Crippen LogP contribution in [0.3, 0.4) is 0 Å². The van der Waals surface area contributed by atoms with Crippen LogP contribution in [-0.4, -0.2) is 22.1 Å². The summed E-state index contributed by atoms with van der Waals surface area (Å²) in [6, 6.07) is 9.79. The molecule has 0 aliphatic rings. The van der Waals surface area contributed by atoms with Gasteiger partial charge in [0.25, 0.3) is 5.69 Å². The SMILES string of the molecule is CCC(Oc1ccc([N+](=O)[O-])c2ccccc12)C(N)=NO. The molecule has 0 amide bonds. The molecule has 2 aromatic rings. The first kappa shape index (κ1) is 14.6. The van der Waals surface area contributed by atoms with Crippen LogP contribution in [0.1, 0.15) is 13.3 Å². The minimum absolute atomic E-state index is 0.00907. The van der Waals surface area contributed by atoms with Gasteiger partial charge in [0.05, 0.1) is 10.3 Å². The van der Waals surface area contributed by atoms with Gasteiger partial charge in [-0.1, -0.05) is 30.3 Å². The zero-order chi connectivity index (χ0) is 15.4.